The first-order valence-corrected chi connectivity index (χ1v) is 9.33. The molecular formula is C14H18Cl2N2O3S. The first-order valence-electron chi connectivity index (χ1n) is 6.97. The van der Waals surface area contributed by atoms with E-state index in [1.54, 1.807) is 19.2 Å². The van der Waals surface area contributed by atoms with Gasteiger partial charge in [0.25, 0.3) is 0 Å². The van der Waals surface area contributed by atoms with Crippen LogP contribution >= 0.6 is 23.2 Å². The van der Waals surface area contributed by atoms with Gasteiger partial charge in [-0.1, -0.05) is 29.3 Å². The number of carbonyl (C=O) groups is 1. The first-order chi connectivity index (χ1) is 10.3. The number of amides is 1. The number of sulfonamides is 1. The Hall–Kier alpha value is -0.820. The van der Waals surface area contributed by atoms with E-state index in [1.165, 1.54) is 10.4 Å². The Morgan fingerprint density at radius 3 is 2.77 bits per heavy atom. The van der Waals surface area contributed by atoms with Crippen molar-refractivity contribution in [3.05, 3.63) is 33.8 Å². The van der Waals surface area contributed by atoms with Crippen LogP contribution < -0.4 is 5.32 Å². The number of piperidine rings is 1. The minimum atomic E-state index is -3.52. The number of hydrogen-bond donors (Lipinski definition) is 1. The summed E-state index contributed by atoms with van der Waals surface area (Å²) in [5.74, 6) is -0.609. The summed E-state index contributed by atoms with van der Waals surface area (Å²) in [4.78, 5) is 11.7. The van der Waals surface area contributed by atoms with E-state index < -0.39 is 10.0 Å². The molecular weight excluding hydrogens is 347 g/mol. The molecule has 0 aliphatic carbocycles. The molecule has 0 saturated carbocycles. The van der Waals surface area contributed by atoms with Crippen molar-refractivity contribution in [1.82, 2.24) is 9.62 Å². The van der Waals surface area contributed by atoms with Crippen molar-refractivity contribution in [3.63, 3.8) is 0 Å². The van der Waals surface area contributed by atoms with Gasteiger partial charge in [-0.2, -0.15) is 0 Å². The summed E-state index contributed by atoms with van der Waals surface area (Å²) in [5, 5.41) is 3.37. The Bertz CT molecular complexity index is 664. The summed E-state index contributed by atoms with van der Waals surface area (Å²) in [7, 11) is -1.96. The largest absolute Gasteiger partial charge is 0.359 e. The Balaban J connectivity index is 2.14. The molecule has 1 aromatic rings. The van der Waals surface area contributed by atoms with Gasteiger partial charge in [-0.05, 0) is 30.5 Å². The molecule has 1 amide bonds. The number of nitrogens with zero attached hydrogens (tertiary/aromatic N) is 1. The van der Waals surface area contributed by atoms with Crippen molar-refractivity contribution in [1.29, 1.82) is 0 Å². The average Bonchev–Trinajstić information content (AvgIpc) is 2.49. The Labute approximate surface area is 140 Å². The van der Waals surface area contributed by atoms with Gasteiger partial charge in [0.15, 0.2) is 0 Å². The smallest absolute Gasteiger partial charge is 0.224 e. The molecule has 0 spiro atoms. The molecule has 8 heteroatoms. The number of halogens is 2. The third-order valence-corrected chi connectivity index (χ3v) is 6.13. The Morgan fingerprint density at radius 1 is 1.41 bits per heavy atom. The highest BCUT2D eigenvalue weighted by atomic mass is 35.5. The van der Waals surface area contributed by atoms with Crippen LogP contribution in [0.4, 0.5) is 0 Å². The van der Waals surface area contributed by atoms with Crippen LogP contribution in [0.15, 0.2) is 18.2 Å². The van der Waals surface area contributed by atoms with E-state index in [-0.39, 0.29) is 24.1 Å². The van der Waals surface area contributed by atoms with Crippen molar-refractivity contribution >= 4 is 39.1 Å². The summed E-state index contributed by atoms with van der Waals surface area (Å²) < 4.78 is 26.5. The maximum absolute atomic E-state index is 12.6. The van der Waals surface area contributed by atoms with Gasteiger partial charge in [0, 0.05) is 30.2 Å². The molecule has 0 aromatic heterocycles. The third-order valence-electron chi connectivity index (χ3n) is 3.75. The average molecular weight is 365 g/mol. The standard InChI is InChI=1S/C14H18Cl2N2O3S/c1-17-14(19)10-3-2-6-18(8-10)22(20,21)9-11-4-5-12(15)7-13(11)16/h4-5,7,10H,2-3,6,8-9H2,1H3,(H,17,19). The second-order valence-corrected chi connectivity index (χ2v) is 8.12. The monoisotopic (exact) mass is 364 g/mol. The van der Waals surface area contributed by atoms with Gasteiger partial charge in [-0.3, -0.25) is 4.79 Å². The molecule has 0 radical (unpaired) electrons. The van der Waals surface area contributed by atoms with Gasteiger partial charge < -0.3 is 5.32 Å². The summed E-state index contributed by atoms with van der Waals surface area (Å²) in [6.07, 6.45) is 1.37. The molecule has 2 rings (SSSR count). The molecule has 1 heterocycles. The van der Waals surface area contributed by atoms with Crippen molar-refractivity contribution in [3.8, 4) is 0 Å². The topological polar surface area (TPSA) is 66.5 Å². The molecule has 1 atom stereocenters. The van der Waals surface area contributed by atoms with Gasteiger partial charge >= 0.3 is 0 Å². The Kier molecular flexibility index (Phi) is 5.71. The maximum atomic E-state index is 12.6. The van der Waals surface area contributed by atoms with E-state index in [4.69, 9.17) is 23.2 Å². The third kappa shape index (κ3) is 4.13. The summed E-state index contributed by atoms with van der Waals surface area (Å²) >= 11 is 11.9. The summed E-state index contributed by atoms with van der Waals surface area (Å²) in [5.41, 5.74) is 0.508. The highest BCUT2D eigenvalue weighted by molar-refractivity contribution is 7.88. The van der Waals surface area contributed by atoms with Crippen LogP contribution in [-0.4, -0.2) is 38.8 Å². The van der Waals surface area contributed by atoms with Crippen LogP contribution in [0.3, 0.4) is 0 Å². The molecule has 5 nitrogen and oxygen atoms in total. The normalized spacial score (nSPS) is 19.9. The number of hydrogen-bond acceptors (Lipinski definition) is 3. The number of nitrogens with one attached hydrogen (secondary N) is 1. The lowest BCUT2D eigenvalue weighted by molar-refractivity contribution is -0.125. The van der Waals surface area contributed by atoms with E-state index in [9.17, 15) is 13.2 Å². The lowest BCUT2D eigenvalue weighted by atomic mass is 9.99. The van der Waals surface area contributed by atoms with E-state index in [2.05, 4.69) is 5.32 Å². The first kappa shape index (κ1) is 17.5. The van der Waals surface area contributed by atoms with Crippen LogP contribution in [0.5, 0.6) is 0 Å². The molecule has 22 heavy (non-hydrogen) atoms. The van der Waals surface area contributed by atoms with E-state index in [0.29, 0.717) is 35.0 Å². The lowest BCUT2D eigenvalue weighted by Crippen LogP contribution is -2.45. The van der Waals surface area contributed by atoms with E-state index in [1.807, 2.05) is 0 Å². The molecule has 1 saturated heterocycles. The lowest BCUT2D eigenvalue weighted by Gasteiger charge is -2.31. The fraction of sp³-hybridized carbons (Fsp3) is 0.500. The molecule has 1 aromatic carbocycles. The Morgan fingerprint density at radius 2 is 2.14 bits per heavy atom. The van der Waals surface area contributed by atoms with E-state index >= 15 is 0 Å². The van der Waals surface area contributed by atoms with Crippen molar-refractivity contribution in [2.75, 3.05) is 20.1 Å². The predicted octanol–water partition coefficient (Wildman–Crippen LogP) is 2.28. The summed E-state index contributed by atoms with van der Waals surface area (Å²) in [6, 6.07) is 4.75. The molecule has 1 unspecified atom stereocenters. The predicted molar refractivity (Wildman–Crippen MR) is 87.4 cm³/mol. The van der Waals surface area contributed by atoms with Crippen molar-refractivity contribution < 1.29 is 13.2 Å². The molecule has 1 fully saturated rings. The summed E-state index contributed by atoms with van der Waals surface area (Å²) in [6.45, 7) is 0.647. The van der Waals surface area contributed by atoms with Gasteiger partial charge in [0.1, 0.15) is 0 Å². The second kappa shape index (κ2) is 7.17. The molecule has 1 aliphatic heterocycles. The van der Waals surface area contributed by atoms with Crippen molar-refractivity contribution in [2.45, 2.75) is 18.6 Å². The van der Waals surface area contributed by atoms with Crippen LogP contribution in [0.1, 0.15) is 18.4 Å². The number of carbonyl (C=O) groups excluding carboxylic acids is 1. The number of benzene rings is 1. The van der Waals surface area contributed by atoms with Gasteiger partial charge in [0.2, 0.25) is 15.9 Å². The van der Waals surface area contributed by atoms with Crippen LogP contribution in [0.25, 0.3) is 0 Å². The zero-order valence-electron chi connectivity index (χ0n) is 12.2. The quantitative estimate of drug-likeness (QED) is 0.890. The fourth-order valence-corrected chi connectivity index (χ4v) is 4.74. The maximum Gasteiger partial charge on any atom is 0.224 e. The highest BCUT2D eigenvalue weighted by Crippen LogP contribution is 2.26. The zero-order valence-corrected chi connectivity index (χ0v) is 14.5. The van der Waals surface area contributed by atoms with Gasteiger partial charge in [-0.15, -0.1) is 0 Å². The van der Waals surface area contributed by atoms with Gasteiger partial charge in [0.05, 0.1) is 11.7 Å². The second-order valence-electron chi connectivity index (χ2n) is 5.30. The van der Waals surface area contributed by atoms with Crippen LogP contribution in [-0.2, 0) is 20.6 Å². The minimum Gasteiger partial charge on any atom is -0.359 e. The van der Waals surface area contributed by atoms with Crippen LogP contribution in [0.2, 0.25) is 10.0 Å². The minimum absolute atomic E-state index is 0.121. The highest BCUT2D eigenvalue weighted by Gasteiger charge is 2.32. The molecule has 1 N–H and O–H groups in total. The van der Waals surface area contributed by atoms with Crippen molar-refractivity contribution in [2.24, 2.45) is 5.92 Å². The fourth-order valence-electron chi connectivity index (χ4n) is 2.54. The van der Waals surface area contributed by atoms with Crippen LogP contribution in [0, 0.1) is 5.92 Å². The molecule has 0 bridgehead atoms. The molecule has 1 aliphatic rings. The van der Waals surface area contributed by atoms with E-state index in [0.717, 1.165) is 0 Å². The SMILES string of the molecule is CNC(=O)C1CCCN(S(=O)(=O)Cc2ccc(Cl)cc2Cl)C1. The number of rotatable bonds is 4. The van der Waals surface area contributed by atoms with Gasteiger partial charge in [-0.25, -0.2) is 12.7 Å². The molecule has 122 valence electrons. The zero-order chi connectivity index (χ0) is 16.3.